The molecule has 1 aromatic carbocycles. The van der Waals surface area contributed by atoms with E-state index in [2.05, 4.69) is 45.2 Å². The number of fused-ring (bicyclic) bond motifs is 1. The van der Waals surface area contributed by atoms with Crippen molar-refractivity contribution in [1.29, 1.82) is 0 Å². The summed E-state index contributed by atoms with van der Waals surface area (Å²) >= 11 is 3.50. The number of benzene rings is 1. The zero-order valence-electron chi connectivity index (χ0n) is 12.1. The third-order valence-corrected chi connectivity index (χ3v) is 4.74. The third-order valence-electron chi connectivity index (χ3n) is 4.21. The molecule has 0 amide bonds. The Morgan fingerprint density at radius 2 is 1.68 bits per heavy atom. The van der Waals surface area contributed by atoms with Crippen molar-refractivity contribution >= 4 is 15.9 Å². The van der Waals surface area contributed by atoms with Gasteiger partial charge >= 0.3 is 0 Å². The highest BCUT2D eigenvalue weighted by molar-refractivity contribution is 9.10. The molecule has 0 saturated heterocycles. The van der Waals surface area contributed by atoms with Gasteiger partial charge in [-0.15, -0.1) is 0 Å². The van der Waals surface area contributed by atoms with E-state index >= 15 is 0 Å². The molecule has 0 atom stereocenters. The normalized spacial score (nSPS) is 13.1. The van der Waals surface area contributed by atoms with Crippen molar-refractivity contribution in [3.63, 3.8) is 0 Å². The number of pyridine rings is 2. The molecule has 108 valence electrons. The van der Waals surface area contributed by atoms with Crippen LogP contribution in [0.15, 0.2) is 59.3 Å². The fraction of sp³-hybridized carbons (Fsp3) is 0.158. The maximum atomic E-state index is 4.75. The fourth-order valence-corrected chi connectivity index (χ4v) is 3.45. The highest BCUT2D eigenvalue weighted by atomic mass is 79.9. The predicted molar refractivity (Wildman–Crippen MR) is 92.6 cm³/mol. The lowest BCUT2D eigenvalue weighted by Crippen LogP contribution is -1.97. The summed E-state index contributed by atoms with van der Waals surface area (Å²) in [7, 11) is 0. The van der Waals surface area contributed by atoms with E-state index in [1.54, 1.807) is 0 Å². The molecule has 1 aliphatic rings. The van der Waals surface area contributed by atoms with Crippen LogP contribution < -0.4 is 0 Å². The summed E-state index contributed by atoms with van der Waals surface area (Å²) in [6.45, 7) is 0. The van der Waals surface area contributed by atoms with E-state index in [-0.39, 0.29) is 0 Å². The number of hydrogen-bond acceptors (Lipinski definition) is 2. The van der Waals surface area contributed by atoms with E-state index in [0.29, 0.717) is 0 Å². The Morgan fingerprint density at radius 3 is 2.45 bits per heavy atom. The number of aromatic nitrogens is 2. The van der Waals surface area contributed by atoms with Gasteiger partial charge in [0.1, 0.15) is 0 Å². The topological polar surface area (TPSA) is 25.8 Å². The average molecular weight is 351 g/mol. The zero-order valence-corrected chi connectivity index (χ0v) is 13.7. The SMILES string of the molecule is Brc1ccc(-c2cnc(-c3ccccn3)c3c2CCC3)cc1. The standard InChI is InChI=1S/C19H15BrN2/c20-14-9-7-13(8-10-14)17-12-22-19(16-5-3-4-15(16)17)18-6-1-2-11-21-18/h1-2,6-12H,3-5H2. The van der Waals surface area contributed by atoms with Crippen LogP contribution in [-0.4, -0.2) is 9.97 Å². The minimum atomic E-state index is 0.975. The molecule has 0 N–H and O–H groups in total. The van der Waals surface area contributed by atoms with Gasteiger partial charge in [-0.25, -0.2) is 0 Å². The molecule has 0 bridgehead atoms. The van der Waals surface area contributed by atoms with Gasteiger partial charge < -0.3 is 0 Å². The second-order valence-electron chi connectivity index (χ2n) is 5.55. The van der Waals surface area contributed by atoms with Gasteiger partial charge in [0.15, 0.2) is 0 Å². The molecule has 22 heavy (non-hydrogen) atoms. The molecule has 3 heteroatoms. The Hall–Kier alpha value is -2.00. The van der Waals surface area contributed by atoms with Crippen LogP contribution in [0.25, 0.3) is 22.5 Å². The van der Waals surface area contributed by atoms with Crippen molar-refractivity contribution in [3.05, 3.63) is 70.5 Å². The lowest BCUT2D eigenvalue weighted by molar-refractivity contribution is 0.911. The third kappa shape index (κ3) is 2.35. The highest BCUT2D eigenvalue weighted by Gasteiger charge is 2.21. The van der Waals surface area contributed by atoms with E-state index in [0.717, 1.165) is 28.7 Å². The monoisotopic (exact) mass is 350 g/mol. The molecule has 2 nitrogen and oxygen atoms in total. The first-order chi connectivity index (χ1) is 10.8. The Labute approximate surface area is 138 Å². The molecular formula is C19H15BrN2. The molecule has 1 aliphatic carbocycles. The molecule has 2 heterocycles. The first-order valence-corrected chi connectivity index (χ1v) is 8.30. The molecule has 0 saturated carbocycles. The molecule has 2 aromatic heterocycles. The van der Waals surface area contributed by atoms with Crippen LogP contribution in [-0.2, 0) is 12.8 Å². The van der Waals surface area contributed by atoms with E-state index in [1.165, 1.54) is 28.7 Å². The number of rotatable bonds is 2. The first-order valence-electron chi connectivity index (χ1n) is 7.51. The minimum absolute atomic E-state index is 0.975. The largest absolute Gasteiger partial charge is 0.255 e. The minimum Gasteiger partial charge on any atom is -0.255 e. The summed E-state index contributed by atoms with van der Waals surface area (Å²) < 4.78 is 1.10. The molecule has 0 radical (unpaired) electrons. The Balaban J connectivity index is 1.87. The second kappa shape index (κ2) is 5.65. The Kier molecular flexibility index (Phi) is 3.51. The van der Waals surface area contributed by atoms with Gasteiger partial charge in [0.2, 0.25) is 0 Å². The smallest absolute Gasteiger partial charge is 0.0921 e. The van der Waals surface area contributed by atoms with Crippen molar-refractivity contribution in [1.82, 2.24) is 9.97 Å². The van der Waals surface area contributed by atoms with Crippen LogP contribution in [0, 0.1) is 0 Å². The summed E-state index contributed by atoms with van der Waals surface area (Å²) in [5.41, 5.74) is 7.34. The van der Waals surface area contributed by atoms with Crippen molar-refractivity contribution in [3.8, 4) is 22.5 Å². The zero-order chi connectivity index (χ0) is 14.9. The maximum Gasteiger partial charge on any atom is 0.0921 e. The van der Waals surface area contributed by atoms with Gasteiger partial charge in [0.05, 0.1) is 11.4 Å². The van der Waals surface area contributed by atoms with E-state index < -0.39 is 0 Å². The fourth-order valence-electron chi connectivity index (χ4n) is 3.19. The molecule has 0 fully saturated rings. The quantitative estimate of drug-likeness (QED) is 0.645. The summed E-state index contributed by atoms with van der Waals surface area (Å²) in [6, 6.07) is 14.5. The molecular weight excluding hydrogens is 336 g/mol. The number of hydrogen-bond donors (Lipinski definition) is 0. The van der Waals surface area contributed by atoms with Crippen molar-refractivity contribution in [2.45, 2.75) is 19.3 Å². The summed E-state index contributed by atoms with van der Waals surface area (Å²) in [5, 5.41) is 0. The van der Waals surface area contributed by atoms with Gasteiger partial charge in [0, 0.05) is 22.4 Å². The van der Waals surface area contributed by atoms with Crippen molar-refractivity contribution in [2.75, 3.05) is 0 Å². The second-order valence-corrected chi connectivity index (χ2v) is 6.47. The molecule has 3 aromatic rings. The van der Waals surface area contributed by atoms with Crippen LogP contribution in [0.4, 0.5) is 0 Å². The molecule has 0 aliphatic heterocycles. The van der Waals surface area contributed by atoms with E-state index in [1.807, 2.05) is 30.6 Å². The summed E-state index contributed by atoms with van der Waals surface area (Å²) in [4.78, 5) is 9.22. The maximum absolute atomic E-state index is 4.75. The number of nitrogens with zero attached hydrogens (tertiary/aromatic N) is 2. The van der Waals surface area contributed by atoms with Gasteiger partial charge in [-0.1, -0.05) is 34.1 Å². The van der Waals surface area contributed by atoms with Crippen LogP contribution in [0.2, 0.25) is 0 Å². The Bertz CT molecular complexity index is 811. The van der Waals surface area contributed by atoms with Crippen molar-refractivity contribution < 1.29 is 0 Å². The average Bonchev–Trinajstić information content (AvgIpc) is 3.05. The van der Waals surface area contributed by atoms with Crippen molar-refractivity contribution in [2.24, 2.45) is 0 Å². The van der Waals surface area contributed by atoms with Crippen LogP contribution in [0.3, 0.4) is 0 Å². The van der Waals surface area contributed by atoms with Gasteiger partial charge in [-0.2, -0.15) is 0 Å². The van der Waals surface area contributed by atoms with Gasteiger partial charge in [-0.05, 0) is 60.2 Å². The van der Waals surface area contributed by atoms with Crippen LogP contribution >= 0.6 is 15.9 Å². The summed E-state index contributed by atoms with van der Waals surface area (Å²) in [6.07, 6.45) is 7.27. The van der Waals surface area contributed by atoms with E-state index in [9.17, 15) is 0 Å². The Morgan fingerprint density at radius 1 is 0.864 bits per heavy atom. The molecule has 4 rings (SSSR count). The van der Waals surface area contributed by atoms with Gasteiger partial charge in [0.25, 0.3) is 0 Å². The number of halogens is 1. The van der Waals surface area contributed by atoms with E-state index in [4.69, 9.17) is 4.98 Å². The lowest BCUT2D eigenvalue weighted by Gasteiger charge is -2.12. The van der Waals surface area contributed by atoms with Crippen LogP contribution in [0.1, 0.15) is 17.5 Å². The highest BCUT2D eigenvalue weighted by Crippen LogP contribution is 2.36. The molecule has 0 spiro atoms. The summed E-state index contributed by atoms with van der Waals surface area (Å²) in [5.74, 6) is 0. The lowest BCUT2D eigenvalue weighted by atomic mass is 9.97. The van der Waals surface area contributed by atoms with Crippen LogP contribution in [0.5, 0.6) is 0 Å². The first kappa shape index (κ1) is 13.6. The predicted octanol–water partition coefficient (Wildman–Crippen LogP) is 5.06. The van der Waals surface area contributed by atoms with Gasteiger partial charge in [-0.3, -0.25) is 9.97 Å². The molecule has 0 unspecified atom stereocenters.